The van der Waals surface area contributed by atoms with Crippen molar-refractivity contribution in [2.24, 2.45) is 54.5 Å². The number of morpholine rings is 1. The van der Waals surface area contributed by atoms with Gasteiger partial charge in [-0.15, -0.1) is 0 Å². The molecule has 0 saturated carbocycles. The molecule has 6 N–H and O–H groups in total. The van der Waals surface area contributed by atoms with Crippen molar-refractivity contribution in [3.8, 4) is 0 Å². The third kappa shape index (κ3) is 56.8. The second-order valence-corrected chi connectivity index (χ2v) is 42.7. The van der Waals surface area contributed by atoms with Crippen LogP contribution in [0.4, 0.5) is 0 Å². The van der Waals surface area contributed by atoms with Crippen LogP contribution in [-0.2, 0) is 11.3 Å². The van der Waals surface area contributed by atoms with Gasteiger partial charge in [-0.1, -0.05) is 208 Å². The van der Waals surface area contributed by atoms with E-state index in [1.54, 1.807) is 12.7 Å². The molecule has 1 aromatic rings. The summed E-state index contributed by atoms with van der Waals surface area (Å²) in [5.41, 5.74) is 9.65. The minimum atomic E-state index is 0.285. The van der Waals surface area contributed by atoms with Crippen molar-refractivity contribution < 1.29 is 4.74 Å². The number of piperazine rings is 4. The molecule has 0 radical (unpaired) electrons. The maximum absolute atomic E-state index is 5.80. The Kier molecular flexibility index (Phi) is 44.5. The molecule has 8 aliphatic rings. The molecule has 9 heterocycles. The van der Waals surface area contributed by atoms with E-state index < -0.39 is 0 Å². The predicted octanol–water partition coefficient (Wildman–Crippen LogP) is 13.3. The molecule has 0 aliphatic carbocycles. The summed E-state index contributed by atoms with van der Waals surface area (Å²) in [6.45, 7) is 108. The van der Waals surface area contributed by atoms with Crippen molar-refractivity contribution >= 4 is 0 Å². The Morgan fingerprint density at radius 3 is 1.23 bits per heavy atom. The lowest BCUT2D eigenvalue weighted by molar-refractivity contribution is 0.0236. The van der Waals surface area contributed by atoms with Crippen molar-refractivity contribution in [2.75, 3.05) is 190 Å². The molecule has 596 valence electrons. The molecule has 8 aliphatic heterocycles. The lowest BCUT2D eigenvalue weighted by Crippen LogP contribution is -2.55. The molecule has 1 aromatic heterocycles. The number of ether oxygens (including phenoxy) is 1. The topological polar surface area (TPSA) is 140 Å². The molecule has 8 fully saturated rings. The van der Waals surface area contributed by atoms with Gasteiger partial charge in [0, 0.05) is 193 Å². The van der Waals surface area contributed by atoms with Gasteiger partial charge < -0.3 is 56.2 Å². The fourth-order valence-corrected chi connectivity index (χ4v) is 14.2. The molecule has 5 atom stereocenters. The highest BCUT2D eigenvalue weighted by Gasteiger charge is 2.39. The van der Waals surface area contributed by atoms with Crippen LogP contribution in [0.5, 0.6) is 0 Å². The van der Waals surface area contributed by atoms with Gasteiger partial charge in [-0.2, -0.15) is 5.10 Å². The van der Waals surface area contributed by atoms with E-state index >= 15 is 0 Å². The molecule has 8 saturated heterocycles. The second-order valence-electron chi connectivity index (χ2n) is 42.7. The fraction of sp³-hybridized carbons (Fsp3) is 0.976. The number of fused-ring (bicyclic) bond motifs is 2. The maximum Gasteiger partial charge on any atom is 0.137 e. The summed E-state index contributed by atoms with van der Waals surface area (Å²) in [6.07, 6.45) is 8.69. The zero-order valence-corrected chi connectivity index (χ0v) is 73.1. The summed E-state index contributed by atoms with van der Waals surface area (Å²) in [6, 6.07) is 3.98. The Morgan fingerprint density at radius 2 is 0.880 bits per heavy atom. The summed E-state index contributed by atoms with van der Waals surface area (Å²) in [5, 5.41) is 17.8. The van der Waals surface area contributed by atoms with Gasteiger partial charge in [0.05, 0.1) is 13.2 Å². The van der Waals surface area contributed by atoms with Gasteiger partial charge in [-0.05, 0) is 114 Å². The van der Waals surface area contributed by atoms with Crippen LogP contribution in [0.1, 0.15) is 247 Å². The average Bonchev–Trinajstić information content (AvgIpc) is 1.67. The first-order valence-corrected chi connectivity index (χ1v) is 40.5. The Balaban J connectivity index is 0.000000564. The summed E-state index contributed by atoms with van der Waals surface area (Å²) in [4.78, 5) is 24.3. The largest absolute Gasteiger partial charge is 0.379 e. The molecule has 2 bridgehead atoms. The van der Waals surface area contributed by atoms with E-state index in [1.165, 1.54) is 163 Å². The van der Waals surface area contributed by atoms with Crippen LogP contribution in [0.15, 0.2) is 12.7 Å². The number of aromatic nitrogens is 3. The predicted molar refractivity (Wildman–Crippen MR) is 438 cm³/mol. The summed E-state index contributed by atoms with van der Waals surface area (Å²) >= 11 is 0. The van der Waals surface area contributed by atoms with Gasteiger partial charge in [0.1, 0.15) is 12.7 Å². The van der Waals surface area contributed by atoms with Crippen LogP contribution < -0.4 is 27.0 Å². The highest BCUT2D eigenvalue weighted by Crippen LogP contribution is 2.28. The SMILES string of the molecule is CC(C)(C)CN1CC2CC1CN2.CC(C)(C)CN1CCC(N)C1.CC(C)(C)CN1CCCC1.CC(C)(C)CN1CCNCC1.CC(C)(C)CN1CCOCC1.CC(C)(C)Cn1cncn1.CC(C)NCC(C)(C)C.CC1CN(CC(C)(C)C)CC(C)N1.CCN1CCN(CC(C)(C)C)CC1. The quantitative estimate of drug-likeness (QED) is 0.143. The van der Waals surface area contributed by atoms with E-state index in [1.807, 2.05) is 4.68 Å². The van der Waals surface area contributed by atoms with Gasteiger partial charge in [-0.3, -0.25) is 19.4 Å². The van der Waals surface area contributed by atoms with Crippen molar-refractivity contribution in [3.05, 3.63) is 12.7 Å². The van der Waals surface area contributed by atoms with Gasteiger partial charge in [0.25, 0.3) is 0 Å². The number of rotatable bonds is 11. The number of likely N-dealkylation sites (N-methyl/N-ethyl adjacent to an activating group) is 1. The normalized spacial score (nSPS) is 23.8. The standard InChI is InChI=1S/2C11H24N2.C10H20N2.2C9H20N2.C9H19NO.C9H19N.C8H19N.C7H13N3/c1-9-6-13(7-10(2)12-9)8-11(3,4)5;1-5-12-6-8-13(9-7-12)10-11(2,3)4;1-10(2,3)7-12-6-8-4-9(12)5-11-8;1-9(2,3)8-11-6-4-10-5-7-11;1-9(2,3)7-11-5-4-8(10)6-11;1-9(2,3)8-10-4-6-11-7-5-10;1-9(2,3)8-10-6-4-5-7-10;1-7(2)9-6-8(3,4)5;1-7(2,3)4-10-6-8-5-9-10/h9-10,12H,6-8H2,1-5H3;5-10H2,1-4H3;8-9,11H,4-7H2,1-3H3;10H,4-8H2,1-3H3;8H,4-7,10H2,1-3H3;4-8H2,1-3H3;4-8H2,1-3H3;7,9H,6H2,1-5H3;5-6H,4H2,1-3H3. The van der Waals surface area contributed by atoms with Gasteiger partial charge in [-0.25, -0.2) is 4.98 Å². The molecule has 17 nitrogen and oxygen atoms in total. The summed E-state index contributed by atoms with van der Waals surface area (Å²) in [5.74, 6) is 0. The number of nitrogens with zero attached hydrogens (tertiary/aromatic N) is 11. The van der Waals surface area contributed by atoms with E-state index in [2.05, 4.69) is 292 Å². The van der Waals surface area contributed by atoms with Crippen molar-refractivity contribution in [1.82, 2.24) is 75.2 Å². The molecule has 17 heteroatoms. The summed E-state index contributed by atoms with van der Waals surface area (Å²) in [7, 11) is 0. The Morgan fingerprint density at radius 1 is 0.470 bits per heavy atom. The molecular formula is C83H178N16O. The van der Waals surface area contributed by atoms with Crippen LogP contribution in [0.3, 0.4) is 0 Å². The van der Waals surface area contributed by atoms with Crippen molar-refractivity contribution in [2.45, 2.75) is 290 Å². The highest BCUT2D eigenvalue weighted by atomic mass is 16.5. The van der Waals surface area contributed by atoms with Crippen molar-refractivity contribution in [3.63, 3.8) is 0 Å². The van der Waals surface area contributed by atoms with Crippen LogP contribution in [0, 0.1) is 48.7 Å². The zero-order valence-electron chi connectivity index (χ0n) is 73.1. The Hall–Kier alpha value is -1.42. The number of likely N-dealkylation sites (tertiary alicyclic amines) is 3. The Labute approximate surface area is 624 Å². The first kappa shape index (κ1) is 96.6. The molecule has 0 spiro atoms. The molecular weight excluding hydrogens is 1240 g/mol. The minimum Gasteiger partial charge on any atom is -0.379 e. The van der Waals surface area contributed by atoms with Crippen LogP contribution >= 0.6 is 0 Å². The first-order chi connectivity index (χ1) is 45.6. The van der Waals surface area contributed by atoms with E-state index in [9.17, 15) is 0 Å². The van der Waals surface area contributed by atoms with Crippen LogP contribution in [0.2, 0.25) is 0 Å². The first-order valence-electron chi connectivity index (χ1n) is 40.5. The molecule has 0 amide bonds. The maximum atomic E-state index is 5.80. The van der Waals surface area contributed by atoms with E-state index in [-0.39, 0.29) is 5.41 Å². The lowest BCUT2D eigenvalue weighted by atomic mass is 9.95. The summed E-state index contributed by atoms with van der Waals surface area (Å²) < 4.78 is 7.12. The third-order valence-corrected chi connectivity index (χ3v) is 17.5. The third-order valence-electron chi connectivity index (χ3n) is 17.5. The number of nitrogens with one attached hydrogen (secondary N) is 4. The molecule has 9 rings (SSSR count). The molecule has 0 aromatic carbocycles. The number of hydrogen-bond acceptors (Lipinski definition) is 16. The number of hydrogen-bond donors (Lipinski definition) is 5. The van der Waals surface area contributed by atoms with Gasteiger partial charge in [0.2, 0.25) is 0 Å². The Bertz CT molecular complexity index is 2060. The molecule has 100 heavy (non-hydrogen) atoms. The van der Waals surface area contributed by atoms with Crippen molar-refractivity contribution in [1.29, 1.82) is 0 Å². The average molecular weight is 1420 g/mol. The molecule has 5 unspecified atom stereocenters. The van der Waals surface area contributed by atoms with Gasteiger partial charge >= 0.3 is 0 Å². The monoisotopic (exact) mass is 1420 g/mol. The van der Waals surface area contributed by atoms with E-state index in [0.29, 0.717) is 67.5 Å². The highest BCUT2D eigenvalue weighted by molar-refractivity contribution is 4.98. The second kappa shape index (κ2) is 46.1. The van der Waals surface area contributed by atoms with E-state index in [0.717, 1.165) is 71.1 Å². The zero-order chi connectivity index (χ0) is 76.6. The lowest BCUT2D eigenvalue weighted by Gasteiger charge is -2.39. The fourth-order valence-electron chi connectivity index (χ4n) is 14.2. The minimum absolute atomic E-state index is 0.285. The smallest absolute Gasteiger partial charge is 0.137 e. The van der Waals surface area contributed by atoms with E-state index in [4.69, 9.17) is 10.5 Å². The van der Waals surface area contributed by atoms with Crippen LogP contribution in [0.25, 0.3) is 0 Å². The number of nitrogens with two attached hydrogens (primary N) is 1. The van der Waals surface area contributed by atoms with Gasteiger partial charge in [0.15, 0.2) is 0 Å². The van der Waals surface area contributed by atoms with Crippen LogP contribution in [-0.4, -0.2) is 280 Å².